The van der Waals surface area contributed by atoms with Gasteiger partial charge in [0.25, 0.3) is 0 Å². The minimum Gasteiger partial charge on any atom is -0.422 e. The number of unbranched alkanes of at least 4 members (excludes halogenated alkanes) is 6. The molecule has 1 atom stereocenters. The minimum absolute atomic E-state index is 0.348. The molecule has 3 rings (SSSR count). The molecule has 3 heteroatoms. The van der Waals surface area contributed by atoms with E-state index in [9.17, 15) is 10.1 Å². The summed E-state index contributed by atoms with van der Waals surface area (Å²) < 4.78 is 5.66. The second-order valence-electron chi connectivity index (χ2n) is 11.8. The summed E-state index contributed by atoms with van der Waals surface area (Å²) in [5.74, 6) is 2.31. The van der Waals surface area contributed by atoms with Gasteiger partial charge < -0.3 is 4.74 Å². The monoisotopic (exact) mass is 529 g/mol. The summed E-state index contributed by atoms with van der Waals surface area (Å²) in [6.45, 7) is 6.88. The summed E-state index contributed by atoms with van der Waals surface area (Å²) in [6.07, 6.45) is 20.3. The van der Waals surface area contributed by atoms with Crippen LogP contribution in [-0.2, 0) is 6.42 Å². The molecule has 2 aromatic carbocycles. The first kappa shape index (κ1) is 30.9. The van der Waals surface area contributed by atoms with Gasteiger partial charge in [-0.2, -0.15) is 5.26 Å². The maximum atomic E-state index is 12.9. The van der Waals surface area contributed by atoms with Gasteiger partial charge in [-0.25, -0.2) is 4.79 Å². The van der Waals surface area contributed by atoms with Crippen LogP contribution in [0, 0.1) is 23.2 Å². The number of aryl methyl sites for hydroxylation is 1. The van der Waals surface area contributed by atoms with E-state index >= 15 is 0 Å². The van der Waals surface area contributed by atoms with Crippen molar-refractivity contribution in [2.75, 3.05) is 0 Å². The number of esters is 1. The van der Waals surface area contributed by atoms with Crippen molar-refractivity contribution in [2.24, 2.45) is 11.8 Å². The Hall–Kier alpha value is -2.60. The first-order valence-electron chi connectivity index (χ1n) is 15.9. The third kappa shape index (κ3) is 10.1. The van der Waals surface area contributed by atoms with Gasteiger partial charge in [-0.3, -0.25) is 0 Å². The van der Waals surface area contributed by atoms with Crippen LogP contribution in [0.25, 0.3) is 0 Å². The lowest BCUT2D eigenvalue weighted by Crippen LogP contribution is -2.17. The zero-order valence-corrected chi connectivity index (χ0v) is 24.9. The Morgan fingerprint density at radius 1 is 0.897 bits per heavy atom. The first-order chi connectivity index (χ1) is 19.1. The van der Waals surface area contributed by atoms with Gasteiger partial charge in [-0.15, -0.1) is 0 Å². The van der Waals surface area contributed by atoms with E-state index in [0.717, 1.165) is 30.2 Å². The maximum absolute atomic E-state index is 12.9. The maximum Gasteiger partial charge on any atom is 0.343 e. The summed E-state index contributed by atoms with van der Waals surface area (Å²) in [6, 6.07) is 15.8. The van der Waals surface area contributed by atoms with Crippen LogP contribution in [-0.4, -0.2) is 5.97 Å². The van der Waals surface area contributed by atoms with Crippen LogP contribution in [0.5, 0.6) is 5.75 Å². The molecule has 212 valence electrons. The number of carbonyl (C=O) groups excluding carboxylic acids is 1. The fourth-order valence-corrected chi connectivity index (χ4v) is 6.25. The largest absolute Gasteiger partial charge is 0.422 e. The summed E-state index contributed by atoms with van der Waals surface area (Å²) in [4.78, 5) is 12.9. The molecule has 0 amide bonds. The zero-order chi connectivity index (χ0) is 27.9. The standard InChI is InChI=1S/C36H51NO2/c1-4-7-9-10-11-12-14-29-17-24-35(34(26-29)27-37)39-36(38)33-22-20-32(21-23-33)31-18-15-30(16-19-31)25-28(6-3)13-8-5-2/h17,20-24,26,28,30-31H,4-16,18-19,25H2,1-3H3. The number of ether oxygens (including phenoxy) is 1. The van der Waals surface area contributed by atoms with E-state index in [0.29, 0.717) is 22.8 Å². The van der Waals surface area contributed by atoms with Crippen LogP contribution in [0.3, 0.4) is 0 Å². The molecular formula is C36H51NO2. The van der Waals surface area contributed by atoms with E-state index < -0.39 is 5.97 Å². The highest BCUT2D eigenvalue weighted by Crippen LogP contribution is 2.39. The molecule has 0 spiro atoms. The van der Waals surface area contributed by atoms with Gasteiger partial charge in [0.05, 0.1) is 11.1 Å². The van der Waals surface area contributed by atoms with E-state index in [-0.39, 0.29) is 0 Å². The van der Waals surface area contributed by atoms with Gasteiger partial charge in [0.15, 0.2) is 0 Å². The quantitative estimate of drug-likeness (QED) is 0.123. The van der Waals surface area contributed by atoms with Crippen LogP contribution < -0.4 is 4.74 Å². The Kier molecular flexibility index (Phi) is 13.6. The molecule has 0 aliphatic heterocycles. The van der Waals surface area contributed by atoms with Gasteiger partial charge in [-0.1, -0.05) is 96.8 Å². The number of carbonyl (C=O) groups is 1. The molecule has 2 aromatic rings. The first-order valence-corrected chi connectivity index (χ1v) is 15.9. The van der Waals surface area contributed by atoms with Crippen LogP contribution in [0.2, 0.25) is 0 Å². The number of benzene rings is 2. The lowest BCUT2D eigenvalue weighted by Gasteiger charge is -2.31. The molecule has 1 fully saturated rings. The SMILES string of the molecule is CCCCCCCCc1ccc(OC(=O)c2ccc(C3CCC(CC(CC)CCCC)CC3)cc2)c(C#N)c1. The van der Waals surface area contributed by atoms with Crippen LogP contribution >= 0.6 is 0 Å². The summed E-state index contributed by atoms with van der Waals surface area (Å²) in [7, 11) is 0. The molecule has 1 aliphatic carbocycles. The van der Waals surface area contributed by atoms with Gasteiger partial charge in [0.2, 0.25) is 0 Å². The van der Waals surface area contributed by atoms with Crippen molar-refractivity contribution >= 4 is 5.97 Å². The molecule has 0 N–H and O–H groups in total. The van der Waals surface area contributed by atoms with Crippen LogP contribution in [0.4, 0.5) is 0 Å². The highest BCUT2D eigenvalue weighted by atomic mass is 16.5. The third-order valence-electron chi connectivity index (χ3n) is 8.86. The second kappa shape index (κ2) is 17.2. The Morgan fingerprint density at radius 2 is 1.59 bits per heavy atom. The van der Waals surface area contributed by atoms with Crippen LogP contribution in [0.1, 0.15) is 150 Å². The van der Waals surface area contributed by atoms with Gasteiger partial charge in [0, 0.05) is 0 Å². The Morgan fingerprint density at radius 3 is 2.26 bits per heavy atom. The third-order valence-corrected chi connectivity index (χ3v) is 8.86. The van der Waals surface area contributed by atoms with Gasteiger partial charge >= 0.3 is 5.97 Å². The predicted molar refractivity (Wildman–Crippen MR) is 162 cm³/mol. The average Bonchev–Trinajstić information content (AvgIpc) is 2.98. The molecule has 0 radical (unpaired) electrons. The van der Waals surface area contributed by atoms with E-state index in [1.807, 2.05) is 24.3 Å². The molecule has 3 nitrogen and oxygen atoms in total. The van der Waals surface area contributed by atoms with Crippen molar-refractivity contribution in [1.82, 2.24) is 0 Å². The van der Waals surface area contributed by atoms with E-state index in [2.05, 4.69) is 39.0 Å². The fraction of sp³-hybridized carbons (Fsp3) is 0.611. The predicted octanol–water partition coefficient (Wildman–Crippen LogP) is 10.6. The summed E-state index contributed by atoms with van der Waals surface area (Å²) in [5.41, 5.74) is 3.43. The molecule has 0 saturated heterocycles. The van der Waals surface area contributed by atoms with E-state index in [1.165, 1.54) is 95.5 Å². The molecular weight excluding hydrogens is 478 g/mol. The van der Waals surface area contributed by atoms with Crippen molar-refractivity contribution in [2.45, 2.75) is 129 Å². The molecule has 1 saturated carbocycles. The van der Waals surface area contributed by atoms with Crippen molar-refractivity contribution in [1.29, 1.82) is 5.26 Å². The van der Waals surface area contributed by atoms with Gasteiger partial charge in [0.1, 0.15) is 11.8 Å². The van der Waals surface area contributed by atoms with Gasteiger partial charge in [-0.05, 0) is 98.1 Å². The fourth-order valence-electron chi connectivity index (χ4n) is 6.25. The second-order valence-corrected chi connectivity index (χ2v) is 11.8. The van der Waals surface area contributed by atoms with E-state index in [4.69, 9.17) is 4.74 Å². The molecule has 0 aromatic heterocycles. The van der Waals surface area contributed by atoms with Crippen molar-refractivity contribution in [3.8, 4) is 11.8 Å². The lowest BCUT2D eigenvalue weighted by atomic mass is 9.75. The molecule has 0 heterocycles. The number of hydrogen-bond donors (Lipinski definition) is 0. The number of nitriles is 1. The number of hydrogen-bond acceptors (Lipinski definition) is 3. The Bertz CT molecular complexity index is 1030. The molecule has 1 unspecified atom stereocenters. The summed E-state index contributed by atoms with van der Waals surface area (Å²) >= 11 is 0. The van der Waals surface area contributed by atoms with E-state index in [1.54, 1.807) is 6.07 Å². The molecule has 0 bridgehead atoms. The Labute approximate surface area is 238 Å². The minimum atomic E-state index is -0.400. The van der Waals surface area contributed by atoms with Crippen molar-refractivity contribution in [3.63, 3.8) is 0 Å². The van der Waals surface area contributed by atoms with Crippen LogP contribution in [0.15, 0.2) is 42.5 Å². The number of rotatable bonds is 16. The number of nitrogens with zero attached hydrogens (tertiary/aromatic N) is 1. The summed E-state index contributed by atoms with van der Waals surface area (Å²) in [5, 5.41) is 9.65. The average molecular weight is 530 g/mol. The normalized spacial score (nSPS) is 17.9. The molecule has 39 heavy (non-hydrogen) atoms. The lowest BCUT2D eigenvalue weighted by molar-refractivity contribution is 0.0734. The highest BCUT2D eigenvalue weighted by Gasteiger charge is 2.24. The van der Waals surface area contributed by atoms with Crippen molar-refractivity contribution < 1.29 is 9.53 Å². The zero-order valence-electron chi connectivity index (χ0n) is 24.9. The Balaban J connectivity index is 1.49. The van der Waals surface area contributed by atoms with Crippen molar-refractivity contribution in [3.05, 3.63) is 64.7 Å². The topological polar surface area (TPSA) is 50.1 Å². The molecule has 1 aliphatic rings. The highest BCUT2D eigenvalue weighted by molar-refractivity contribution is 5.91. The smallest absolute Gasteiger partial charge is 0.343 e.